The quantitative estimate of drug-likeness (QED) is 0.603. The molecule has 3 fully saturated rings. The summed E-state index contributed by atoms with van der Waals surface area (Å²) in [6.07, 6.45) is 3.53. The van der Waals surface area contributed by atoms with Crippen LogP contribution in [-0.2, 0) is 19.6 Å². The first-order valence-corrected chi connectivity index (χ1v) is 13.3. The van der Waals surface area contributed by atoms with Crippen molar-refractivity contribution in [1.29, 1.82) is 0 Å². The van der Waals surface area contributed by atoms with Crippen molar-refractivity contribution < 1.29 is 22.7 Å². The Morgan fingerprint density at radius 3 is 2.21 bits per heavy atom. The van der Waals surface area contributed by atoms with Gasteiger partial charge < -0.3 is 14.5 Å². The van der Waals surface area contributed by atoms with Crippen LogP contribution < -0.4 is 4.74 Å². The van der Waals surface area contributed by atoms with E-state index in [0.29, 0.717) is 57.9 Å². The third-order valence-corrected chi connectivity index (χ3v) is 8.81. The summed E-state index contributed by atoms with van der Waals surface area (Å²) in [7, 11) is -2.12. The molecule has 4 rings (SSSR count). The summed E-state index contributed by atoms with van der Waals surface area (Å²) in [6, 6.07) is 6.35. The lowest BCUT2D eigenvalue weighted by Crippen LogP contribution is -2.54. The Morgan fingerprint density at radius 2 is 1.58 bits per heavy atom. The van der Waals surface area contributed by atoms with E-state index in [-0.39, 0.29) is 29.2 Å². The fourth-order valence-electron chi connectivity index (χ4n) is 4.90. The van der Waals surface area contributed by atoms with Gasteiger partial charge in [-0.1, -0.05) is 0 Å². The number of rotatable bonds is 6. The van der Waals surface area contributed by atoms with E-state index in [0.717, 1.165) is 25.9 Å². The molecule has 0 aliphatic carbocycles. The van der Waals surface area contributed by atoms with Crippen molar-refractivity contribution in [3.05, 3.63) is 24.3 Å². The third-order valence-electron chi connectivity index (χ3n) is 6.93. The highest BCUT2D eigenvalue weighted by atomic mass is 32.2. The molecule has 2 amide bonds. The number of sulfonamides is 1. The lowest BCUT2D eigenvalue weighted by atomic mass is 9.98. The molecule has 0 spiro atoms. The van der Waals surface area contributed by atoms with Gasteiger partial charge in [0.1, 0.15) is 5.75 Å². The molecule has 9 nitrogen and oxygen atoms in total. The van der Waals surface area contributed by atoms with E-state index in [9.17, 15) is 18.0 Å². The number of carbonyl (C=O) groups is 2. The van der Waals surface area contributed by atoms with Crippen LogP contribution in [0.3, 0.4) is 0 Å². The Hall–Kier alpha value is -2.17. The standard InChI is InChI=1S/C23H34N4O5S/c1-32-20-6-8-21(9-7-20)33(30,31)27-12-4-5-19(17-27)23(29)26-15-13-24(14-16-26)18-22(28)25-10-2-3-11-25/h6-9,19H,2-5,10-18H2,1H3/t19-/m0/s1. The number of piperidine rings is 1. The topological polar surface area (TPSA) is 90.5 Å². The van der Waals surface area contributed by atoms with Gasteiger partial charge in [-0.2, -0.15) is 4.31 Å². The minimum atomic E-state index is -3.66. The molecule has 0 bridgehead atoms. The molecule has 3 heterocycles. The average molecular weight is 479 g/mol. The van der Waals surface area contributed by atoms with Crippen molar-refractivity contribution in [2.45, 2.75) is 30.6 Å². The Labute approximate surface area is 196 Å². The SMILES string of the molecule is COc1ccc(S(=O)(=O)N2CCC[C@H](C(=O)N3CCN(CC(=O)N4CCCC4)CC3)C2)cc1. The number of likely N-dealkylation sites (tertiary alicyclic amines) is 1. The zero-order valence-corrected chi connectivity index (χ0v) is 20.1. The van der Waals surface area contributed by atoms with Gasteiger partial charge >= 0.3 is 0 Å². The van der Waals surface area contributed by atoms with E-state index in [2.05, 4.69) is 4.90 Å². The maximum absolute atomic E-state index is 13.2. The van der Waals surface area contributed by atoms with Gasteiger partial charge in [-0.05, 0) is 49.9 Å². The van der Waals surface area contributed by atoms with Crippen molar-refractivity contribution >= 4 is 21.8 Å². The van der Waals surface area contributed by atoms with Gasteiger partial charge in [0.05, 0.1) is 24.5 Å². The maximum Gasteiger partial charge on any atom is 0.243 e. The van der Waals surface area contributed by atoms with Gasteiger partial charge in [0.2, 0.25) is 21.8 Å². The fraction of sp³-hybridized carbons (Fsp3) is 0.652. The molecular formula is C23H34N4O5S. The van der Waals surface area contributed by atoms with Crippen LogP contribution in [0.25, 0.3) is 0 Å². The van der Waals surface area contributed by atoms with Crippen molar-refractivity contribution in [1.82, 2.24) is 19.0 Å². The van der Waals surface area contributed by atoms with E-state index < -0.39 is 10.0 Å². The highest BCUT2D eigenvalue weighted by Gasteiger charge is 2.36. The van der Waals surface area contributed by atoms with Gasteiger partial charge in [0.25, 0.3) is 0 Å². The minimum Gasteiger partial charge on any atom is -0.497 e. The number of ether oxygens (including phenoxy) is 1. The van der Waals surface area contributed by atoms with Gasteiger partial charge in [0.15, 0.2) is 0 Å². The Bertz CT molecular complexity index is 938. The molecule has 3 aliphatic heterocycles. The summed E-state index contributed by atoms with van der Waals surface area (Å²) in [5.74, 6) is 0.473. The first-order valence-electron chi connectivity index (χ1n) is 11.8. The second-order valence-electron chi connectivity index (χ2n) is 9.07. The molecule has 0 N–H and O–H groups in total. The smallest absolute Gasteiger partial charge is 0.243 e. The molecule has 1 aromatic carbocycles. The van der Waals surface area contributed by atoms with Crippen LogP contribution in [0.15, 0.2) is 29.2 Å². The lowest BCUT2D eigenvalue weighted by Gasteiger charge is -2.38. The maximum atomic E-state index is 13.2. The second kappa shape index (κ2) is 10.4. The molecule has 182 valence electrons. The van der Waals surface area contributed by atoms with E-state index in [1.807, 2.05) is 9.80 Å². The molecule has 1 atom stereocenters. The summed E-state index contributed by atoms with van der Waals surface area (Å²) in [6.45, 7) is 5.26. The van der Waals surface area contributed by atoms with Crippen molar-refractivity contribution in [2.24, 2.45) is 5.92 Å². The van der Waals surface area contributed by atoms with E-state index in [1.165, 1.54) is 11.4 Å². The lowest BCUT2D eigenvalue weighted by molar-refractivity contribution is -0.139. The number of amides is 2. The number of nitrogens with zero attached hydrogens (tertiary/aromatic N) is 4. The summed E-state index contributed by atoms with van der Waals surface area (Å²) in [5.41, 5.74) is 0. The molecule has 3 saturated heterocycles. The third kappa shape index (κ3) is 5.50. The number of hydrogen-bond donors (Lipinski definition) is 0. The van der Waals surface area contributed by atoms with Gasteiger partial charge in [-0.15, -0.1) is 0 Å². The van der Waals surface area contributed by atoms with Gasteiger partial charge in [-0.3, -0.25) is 14.5 Å². The molecule has 0 aromatic heterocycles. The summed E-state index contributed by atoms with van der Waals surface area (Å²) in [4.78, 5) is 31.7. The Morgan fingerprint density at radius 1 is 0.909 bits per heavy atom. The van der Waals surface area contributed by atoms with Crippen LogP contribution in [0.4, 0.5) is 0 Å². The first-order chi connectivity index (χ1) is 15.9. The molecule has 0 saturated carbocycles. The largest absolute Gasteiger partial charge is 0.497 e. The fourth-order valence-corrected chi connectivity index (χ4v) is 6.43. The molecule has 0 unspecified atom stereocenters. The number of hydrogen-bond acceptors (Lipinski definition) is 6. The molecule has 10 heteroatoms. The highest BCUT2D eigenvalue weighted by Crippen LogP contribution is 2.26. The van der Waals surface area contributed by atoms with E-state index in [1.54, 1.807) is 24.3 Å². The number of benzene rings is 1. The second-order valence-corrected chi connectivity index (χ2v) is 11.0. The van der Waals surface area contributed by atoms with Crippen LogP contribution in [-0.4, -0.2) is 105 Å². The average Bonchev–Trinajstić information content (AvgIpc) is 3.39. The molecule has 3 aliphatic rings. The van der Waals surface area contributed by atoms with E-state index in [4.69, 9.17) is 4.74 Å². The van der Waals surface area contributed by atoms with Crippen LogP contribution in [0.5, 0.6) is 5.75 Å². The van der Waals surface area contributed by atoms with Gasteiger partial charge in [0, 0.05) is 52.4 Å². The normalized spacial score (nSPS) is 23.0. The molecular weight excluding hydrogens is 444 g/mol. The van der Waals surface area contributed by atoms with Crippen molar-refractivity contribution in [3.63, 3.8) is 0 Å². The molecule has 0 radical (unpaired) electrons. The molecule has 33 heavy (non-hydrogen) atoms. The zero-order valence-electron chi connectivity index (χ0n) is 19.3. The van der Waals surface area contributed by atoms with Crippen molar-refractivity contribution in [2.75, 3.05) is 66.0 Å². The predicted octanol–water partition coefficient (Wildman–Crippen LogP) is 0.863. The predicted molar refractivity (Wildman–Crippen MR) is 123 cm³/mol. The summed E-state index contributed by atoms with van der Waals surface area (Å²) in [5, 5.41) is 0. The van der Waals surface area contributed by atoms with Crippen LogP contribution >= 0.6 is 0 Å². The number of methoxy groups -OCH3 is 1. The number of carbonyl (C=O) groups excluding carboxylic acids is 2. The van der Waals surface area contributed by atoms with Crippen LogP contribution in [0, 0.1) is 5.92 Å². The Balaban J connectivity index is 1.31. The van der Waals surface area contributed by atoms with Crippen molar-refractivity contribution in [3.8, 4) is 5.75 Å². The van der Waals surface area contributed by atoms with Gasteiger partial charge in [-0.25, -0.2) is 8.42 Å². The molecule has 1 aromatic rings. The highest BCUT2D eigenvalue weighted by molar-refractivity contribution is 7.89. The van der Waals surface area contributed by atoms with Crippen LogP contribution in [0.1, 0.15) is 25.7 Å². The van der Waals surface area contributed by atoms with Crippen LogP contribution in [0.2, 0.25) is 0 Å². The number of piperazine rings is 1. The summed E-state index contributed by atoms with van der Waals surface area (Å²) < 4.78 is 32.8. The monoisotopic (exact) mass is 478 g/mol. The Kier molecular flexibility index (Phi) is 7.55. The zero-order chi connectivity index (χ0) is 23.4. The minimum absolute atomic E-state index is 0.0233. The summed E-state index contributed by atoms with van der Waals surface area (Å²) >= 11 is 0. The first kappa shape index (κ1) is 24.0. The van der Waals surface area contributed by atoms with E-state index >= 15 is 0 Å².